The number of likely N-dealkylation sites (tertiary alicyclic amines) is 2. The number of ether oxygens (including phenoxy) is 1. The largest absolute Gasteiger partial charge is 0.433 e. The second-order valence-corrected chi connectivity index (χ2v) is 9.04. The van der Waals surface area contributed by atoms with E-state index in [-0.39, 0.29) is 24.9 Å². The van der Waals surface area contributed by atoms with Crippen LogP contribution in [0.2, 0.25) is 0 Å². The van der Waals surface area contributed by atoms with Crippen molar-refractivity contribution in [3.05, 3.63) is 23.9 Å². The molecule has 0 aromatic rings. The molecule has 3 heterocycles. The minimum Gasteiger partial charge on any atom is -0.370 e. The van der Waals surface area contributed by atoms with Gasteiger partial charge in [0.05, 0.1) is 25.8 Å². The highest BCUT2D eigenvalue weighted by molar-refractivity contribution is 5.87. The van der Waals surface area contributed by atoms with E-state index in [0.29, 0.717) is 43.6 Å². The number of aliphatic imine (C=N–C) groups is 2. The van der Waals surface area contributed by atoms with E-state index in [4.69, 9.17) is 9.73 Å². The normalized spacial score (nSPS) is 25.3. The number of carbonyl (C=O) groups excluding carboxylic acids is 1. The Morgan fingerprint density at radius 1 is 1.24 bits per heavy atom. The number of carbonyl (C=O) groups is 1. The zero-order chi connectivity index (χ0) is 23.6. The Morgan fingerprint density at radius 3 is 2.55 bits per heavy atom. The van der Waals surface area contributed by atoms with Crippen molar-refractivity contribution in [1.82, 2.24) is 20.7 Å². The van der Waals surface area contributed by atoms with Crippen molar-refractivity contribution in [2.24, 2.45) is 21.8 Å². The lowest BCUT2D eigenvalue weighted by molar-refractivity contribution is -0.0924. The highest BCUT2D eigenvalue weighted by Crippen LogP contribution is 2.32. The first-order valence-corrected chi connectivity index (χ1v) is 11.4. The predicted octanol–water partition coefficient (Wildman–Crippen LogP) is 2.85. The van der Waals surface area contributed by atoms with Gasteiger partial charge in [0, 0.05) is 25.2 Å². The Morgan fingerprint density at radius 2 is 1.94 bits per heavy atom. The van der Waals surface area contributed by atoms with Gasteiger partial charge in [-0.25, -0.2) is 10.2 Å². The Kier molecular flexibility index (Phi) is 7.08. The number of amides is 2. The molecule has 3 fully saturated rings. The molecule has 4 rings (SSSR count). The smallest absolute Gasteiger partial charge is 0.370 e. The molecule has 2 saturated heterocycles. The summed E-state index contributed by atoms with van der Waals surface area (Å²) in [4.78, 5) is 24.6. The zero-order valence-corrected chi connectivity index (χ0v) is 18.8. The number of allylic oxidation sites excluding steroid dienone is 2. The molecule has 0 aromatic heterocycles. The predicted molar refractivity (Wildman–Crippen MR) is 119 cm³/mol. The van der Waals surface area contributed by atoms with Crippen molar-refractivity contribution >= 4 is 18.1 Å². The number of amidine groups is 1. The molecule has 1 atom stereocenters. The Hall–Kier alpha value is -2.40. The van der Waals surface area contributed by atoms with Crippen LogP contribution in [0.25, 0.3) is 0 Å². The highest BCUT2D eigenvalue weighted by atomic mass is 19.4. The molecule has 1 saturated carbocycles. The number of alkyl halides is 3. The van der Waals surface area contributed by atoms with Crippen LogP contribution >= 0.6 is 0 Å². The maximum absolute atomic E-state index is 12.7. The number of nitrogens with one attached hydrogen (secondary N) is 2. The minimum absolute atomic E-state index is 0.0104. The van der Waals surface area contributed by atoms with Crippen molar-refractivity contribution in [1.29, 1.82) is 0 Å². The van der Waals surface area contributed by atoms with Crippen molar-refractivity contribution < 1.29 is 22.7 Å². The second kappa shape index (κ2) is 9.84. The number of urea groups is 1. The van der Waals surface area contributed by atoms with E-state index in [0.717, 1.165) is 31.0 Å². The van der Waals surface area contributed by atoms with Crippen molar-refractivity contribution in [2.75, 3.05) is 32.8 Å². The van der Waals surface area contributed by atoms with E-state index >= 15 is 0 Å². The number of nitrogens with zero attached hydrogens (tertiary/aromatic N) is 4. The summed E-state index contributed by atoms with van der Waals surface area (Å²) >= 11 is 0. The number of halogens is 3. The number of hydrogen-bond donors (Lipinski definition) is 2. The van der Waals surface area contributed by atoms with E-state index in [9.17, 15) is 18.0 Å². The zero-order valence-electron chi connectivity index (χ0n) is 18.8. The van der Waals surface area contributed by atoms with E-state index in [1.807, 2.05) is 4.90 Å². The lowest BCUT2D eigenvalue weighted by atomic mass is 9.94. The molecule has 0 radical (unpaired) electrons. The molecule has 1 unspecified atom stereocenters. The molecule has 2 amide bonds. The van der Waals surface area contributed by atoms with Gasteiger partial charge in [-0.1, -0.05) is 12.7 Å². The van der Waals surface area contributed by atoms with Gasteiger partial charge in [-0.3, -0.25) is 9.98 Å². The molecule has 1 aliphatic carbocycles. The number of hydrogen-bond acceptors (Lipinski definition) is 6. The van der Waals surface area contributed by atoms with Crippen LogP contribution in [0, 0.1) is 11.8 Å². The first-order chi connectivity index (χ1) is 15.7. The highest BCUT2D eigenvalue weighted by Gasteiger charge is 2.38. The van der Waals surface area contributed by atoms with E-state index in [1.54, 1.807) is 4.90 Å². The fraction of sp³-hybridized carbons (Fsp3) is 0.682. The van der Waals surface area contributed by atoms with Crippen molar-refractivity contribution in [2.45, 2.75) is 51.1 Å². The summed E-state index contributed by atoms with van der Waals surface area (Å²) < 4.78 is 43.7. The lowest BCUT2D eigenvalue weighted by Gasteiger charge is -2.43. The van der Waals surface area contributed by atoms with Gasteiger partial charge in [-0.05, 0) is 44.1 Å². The number of hydrazine groups is 1. The average Bonchev–Trinajstić information content (AvgIpc) is 3.48. The van der Waals surface area contributed by atoms with Gasteiger partial charge in [-0.15, -0.1) is 0 Å². The maximum Gasteiger partial charge on any atom is 0.433 e. The summed E-state index contributed by atoms with van der Waals surface area (Å²) in [6, 6.07) is 0.0104. The van der Waals surface area contributed by atoms with E-state index < -0.39 is 11.9 Å². The fourth-order valence-electron chi connectivity index (χ4n) is 4.19. The van der Waals surface area contributed by atoms with Gasteiger partial charge in [0.1, 0.15) is 17.7 Å². The van der Waals surface area contributed by atoms with Crippen LogP contribution in [-0.4, -0.2) is 79.1 Å². The van der Waals surface area contributed by atoms with Crippen molar-refractivity contribution in [3.63, 3.8) is 0 Å². The molecule has 33 heavy (non-hydrogen) atoms. The van der Waals surface area contributed by atoms with Gasteiger partial charge in [0.15, 0.2) is 0 Å². The van der Waals surface area contributed by atoms with Crippen molar-refractivity contribution in [3.8, 4) is 0 Å². The fourth-order valence-corrected chi connectivity index (χ4v) is 4.19. The third kappa shape index (κ3) is 5.94. The Labute approximate surface area is 191 Å². The third-order valence-electron chi connectivity index (χ3n) is 6.42. The lowest BCUT2D eigenvalue weighted by Crippen LogP contribution is -2.59. The van der Waals surface area contributed by atoms with Crippen LogP contribution in [0.3, 0.4) is 0 Å². The molecule has 3 aliphatic heterocycles. The van der Waals surface area contributed by atoms with Gasteiger partial charge >= 0.3 is 12.2 Å². The molecule has 4 aliphatic rings. The van der Waals surface area contributed by atoms with Gasteiger partial charge in [-0.2, -0.15) is 13.2 Å². The molecule has 182 valence electrons. The van der Waals surface area contributed by atoms with Crippen LogP contribution in [-0.2, 0) is 4.74 Å². The molecule has 11 heteroatoms. The second-order valence-electron chi connectivity index (χ2n) is 9.04. The summed E-state index contributed by atoms with van der Waals surface area (Å²) in [5.74, 6) is 2.10. The average molecular weight is 469 g/mol. The molecule has 0 spiro atoms. The van der Waals surface area contributed by atoms with Gasteiger partial charge in [0.25, 0.3) is 0 Å². The number of rotatable bonds is 7. The van der Waals surface area contributed by atoms with E-state index in [1.165, 1.54) is 19.8 Å². The summed E-state index contributed by atoms with van der Waals surface area (Å²) in [5, 5.41) is 0. The molecule has 8 nitrogen and oxygen atoms in total. The SMILES string of the molecule is C=C(C=N/C(=C\C)C(F)(F)F)COC1CN(C(=O)N2CCC(C3N=C(C4CC4)NN3)CC2)C1. The van der Waals surface area contributed by atoms with Crippen LogP contribution in [0.4, 0.5) is 18.0 Å². The van der Waals surface area contributed by atoms with Crippen LogP contribution in [0.15, 0.2) is 33.9 Å². The summed E-state index contributed by atoms with van der Waals surface area (Å²) in [5.41, 5.74) is 5.87. The molecular formula is C22H31F3N6O2. The standard InChI is InChI=1S/C22H31F3N6O2/c1-3-18(22(23,24)25)26-10-14(2)13-33-17-11-31(12-17)21(32)30-8-6-16(7-9-30)20-27-19(28-29-20)15-4-5-15/h3,10,15-17,20,29H,2,4-9,11-13H2,1H3,(H,27,28)/b18-3-,26-10?. The Balaban J connectivity index is 1.13. The van der Waals surface area contributed by atoms with Crippen LogP contribution in [0.1, 0.15) is 32.6 Å². The maximum atomic E-state index is 12.7. The summed E-state index contributed by atoms with van der Waals surface area (Å²) in [6.45, 7) is 7.38. The topological polar surface area (TPSA) is 81.6 Å². The molecule has 0 bridgehead atoms. The summed E-state index contributed by atoms with van der Waals surface area (Å²) in [7, 11) is 0. The minimum atomic E-state index is -4.49. The third-order valence-corrected chi connectivity index (χ3v) is 6.42. The molecule has 2 N–H and O–H groups in total. The van der Waals surface area contributed by atoms with E-state index in [2.05, 4.69) is 22.4 Å². The Bertz CT molecular complexity index is 838. The quantitative estimate of drug-likeness (QED) is 0.563. The van der Waals surface area contributed by atoms with Crippen LogP contribution < -0.4 is 10.9 Å². The molecule has 0 aromatic carbocycles. The monoisotopic (exact) mass is 468 g/mol. The van der Waals surface area contributed by atoms with Crippen LogP contribution in [0.5, 0.6) is 0 Å². The first-order valence-electron chi connectivity index (χ1n) is 11.4. The van der Waals surface area contributed by atoms with Gasteiger partial charge in [0.2, 0.25) is 0 Å². The first kappa shape index (κ1) is 23.7. The van der Waals surface area contributed by atoms with Gasteiger partial charge < -0.3 is 20.0 Å². The number of piperidine rings is 1. The summed E-state index contributed by atoms with van der Waals surface area (Å²) in [6.07, 6.45) is 1.67. The molecular weight excluding hydrogens is 437 g/mol.